The Bertz CT molecular complexity index is 143. The van der Waals surface area contributed by atoms with Gasteiger partial charge in [0.05, 0.1) is 5.92 Å². The van der Waals surface area contributed by atoms with Crippen molar-refractivity contribution in [2.75, 3.05) is 13.6 Å². The Morgan fingerprint density at radius 3 is 2.09 bits per heavy atom. The summed E-state index contributed by atoms with van der Waals surface area (Å²) in [6, 6.07) is -0.352. The van der Waals surface area contributed by atoms with Gasteiger partial charge in [-0.15, -0.1) is 0 Å². The minimum atomic E-state index is -4.01. The second-order valence-corrected chi connectivity index (χ2v) is 3.16. The summed E-state index contributed by atoms with van der Waals surface area (Å²) >= 11 is 0. The van der Waals surface area contributed by atoms with E-state index in [9.17, 15) is 13.2 Å². The highest BCUT2D eigenvalue weighted by Crippen LogP contribution is 2.36. The van der Waals surface area contributed by atoms with Crippen molar-refractivity contribution in [2.45, 2.75) is 25.6 Å². The molecule has 1 unspecified atom stereocenters. The van der Waals surface area contributed by atoms with Crippen molar-refractivity contribution in [2.24, 2.45) is 5.92 Å². The van der Waals surface area contributed by atoms with Crippen LogP contribution in [0, 0.1) is 5.92 Å². The third-order valence-electron chi connectivity index (χ3n) is 2.49. The summed E-state index contributed by atoms with van der Waals surface area (Å²) in [6.45, 7) is 2.19. The average Bonchev–Trinajstić information content (AvgIpc) is 2.11. The molecule has 0 radical (unpaired) electrons. The second kappa shape index (κ2) is 2.66. The van der Waals surface area contributed by atoms with Crippen molar-refractivity contribution in [3.8, 4) is 0 Å². The fourth-order valence-electron chi connectivity index (χ4n) is 1.53. The minimum absolute atomic E-state index is 0.251. The van der Waals surface area contributed by atoms with E-state index in [0.29, 0.717) is 6.54 Å². The molecule has 0 bridgehead atoms. The number of nitrogens with zero attached hydrogens (tertiary/aromatic N) is 1. The standard InChI is InChI=1S/C7H12F3N/c1-5-6(7(8,9)10)3-4-11(5)2/h5-6H,3-4H2,1-2H3/t5?,6-/m1/s1. The van der Waals surface area contributed by atoms with Crippen molar-refractivity contribution in [3.63, 3.8) is 0 Å². The van der Waals surface area contributed by atoms with Crippen LogP contribution in [0.5, 0.6) is 0 Å². The number of hydrogen-bond acceptors (Lipinski definition) is 1. The molecule has 0 aromatic heterocycles. The van der Waals surface area contributed by atoms with Crippen molar-refractivity contribution in [3.05, 3.63) is 0 Å². The second-order valence-electron chi connectivity index (χ2n) is 3.16. The molecule has 1 aliphatic rings. The van der Waals surface area contributed by atoms with E-state index in [1.165, 1.54) is 0 Å². The third-order valence-corrected chi connectivity index (χ3v) is 2.49. The van der Waals surface area contributed by atoms with Gasteiger partial charge < -0.3 is 4.90 Å². The summed E-state index contributed by atoms with van der Waals surface area (Å²) in [4.78, 5) is 1.75. The normalized spacial score (nSPS) is 34.6. The van der Waals surface area contributed by atoms with E-state index in [1.807, 2.05) is 0 Å². The lowest BCUT2D eigenvalue weighted by Gasteiger charge is -2.22. The van der Waals surface area contributed by atoms with Gasteiger partial charge in [0.2, 0.25) is 0 Å². The number of rotatable bonds is 0. The van der Waals surface area contributed by atoms with Crippen LogP contribution in [0.1, 0.15) is 13.3 Å². The van der Waals surface area contributed by atoms with E-state index in [1.54, 1.807) is 18.9 Å². The van der Waals surface area contributed by atoms with Gasteiger partial charge in [-0.2, -0.15) is 13.2 Å². The molecule has 0 aromatic carbocycles. The smallest absolute Gasteiger partial charge is 0.303 e. The van der Waals surface area contributed by atoms with Gasteiger partial charge in [-0.25, -0.2) is 0 Å². The molecule has 0 spiro atoms. The van der Waals surface area contributed by atoms with Crippen LogP contribution in [-0.4, -0.2) is 30.7 Å². The molecule has 2 atom stereocenters. The van der Waals surface area contributed by atoms with Crippen LogP contribution in [0.2, 0.25) is 0 Å². The molecule has 1 fully saturated rings. The lowest BCUT2D eigenvalue weighted by molar-refractivity contribution is -0.178. The van der Waals surface area contributed by atoms with Crippen LogP contribution < -0.4 is 0 Å². The molecule has 1 heterocycles. The topological polar surface area (TPSA) is 3.24 Å². The zero-order valence-electron chi connectivity index (χ0n) is 6.65. The summed E-state index contributed by atoms with van der Waals surface area (Å²) in [6.07, 6.45) is -3.76. The maximum absolute atomic E-state index is 12.2. The summed E-state index contributed by atoms with van der Waals surface area (Å²) in [5, 5.41) is 0. The monoisotopic (exact) mass is 167 g/mol. The van der Waals surface area contributed by atoms with Crippen LogP contribution in [0.4, 0.5) is 13.2 Å². The van der Waals surface area contributed by atoms with E-state index in [-0.39, 0.29) is 12.5 Å². The van der Waals surface area contributed by atoms with E-state index < -0.39 is 12.1 Å². The van der Waals surface area contributed by atoms with Gasteiger partial charge >= 0.3 is 6.18 Å². The van der Waals surface area contributed by atoms with Gasteiger partial charge in [-0.1, -0.05) is 0 Å². The maximum Gasteiger partial charge on any atom is 0.393 e. The Kier molecular flexibility index (Phi) is 2.14. The molecule has 1 rings (SSSR count). The molecule has 11 heavy (non-hydrogen) atoms. The highest BCUT2D eigenvalue weighted by Gasteiger charge is 2.47. The highest BCUT2D eigenvalue weighted by molar-refractivity contribution is 4.86. The van der Waals surface area contributed by atoms with E-state index in [4.69, 9.17) is 0 Å². The first-order chi connectivity index (χ1) is 4.93. The summed E-state index contributed by atoms with van der Waals surface area (Å²) in [5.41, 5.74) is 0. The molecule has 0 amide bonds. The SMILES string of the molecule is CC1[C@H](C(F)(F)F)CCN1C. The van der Waals surface area contributed by atoms with Crippen molar-refractivity contribution in [1.82, 2.24) is 4.90 Å². The number of hydrogen-bond donors (Lipinski definition) is 0. The molecule has 0 aliphatic carbocycles. The lowest BCUT2D eigenvalue weighted by atomic mass is 10.0. The van der Waals surface area contributed by atoms with Gasteiger partial charge in [0.25, 0.3) is 0 Å². The highest BCUT2D eigenvalue weighted by atomic mass is 19.4. The van der Waals surface area contributed by atoms with Gasteiger partial charge in [0.15, 0.2) is 0 Å². The minimum Gasteiger partial charge on any atom is -0.303 e. The van der Waals surface area contributed by atoms with E-state index >= 15 is 0 Å². The largest absolute Gasteiger partial charge is 0.393 e. The van der Waals surface area contributed by atoms with E-state index in [2.05, 4.69) is 0 Å². The zero-order chi connectivity index (χ0) is 8.65. The van der Waals surface area contributed by atoms with E-state index in [0.717, 1.165) is 0 Å². The Morgan fingerprint density at radius 2 is 1.91 bits per heavy atom. The Labute approximate surface area is 64.2 Å². The number of alkyl halides is 3. The van der Waals surface area contributed by atoms with Crippen LogP contribution in [0.3, 0.4) is 0 Å². The summed E-state index contributed by atoms with van der Waals surface area (Å²) < 4.78 is 36.5. The third kappa shape index (κ3) is 1.67. The molecule has 0 N–H and O–H groups in total. The number of halogens is 3. The van der Waals surface area contributed by atoms with Crippen molar-refractivity contribution in [1.29, 1.82) is 0 Å². The Hall–Kier alpha value is -0.250. The first-order valence-corrected chi connectivity index (χ1v) is 3.70. The van der Waals surface area contributed by atoms with Crippen molar-refractivity contribution < 1.29 is 13.2 Å². The van der Waals surface area contributed by atoms with Gasteiger partial charge in [-0.3, -0.25) is 0 Å². The van der Waals surface area contributed by atoms with Crippen LogP contribution in [0.15, 0.2) is 0 Å². The van der Waals surface area contributed by atoms with Crippen LogP contribution >= 0.6 is 0 Å². The Morgan fingerprint density at radius 1 is 1.36 bits per heavy atom. The molecule has 1 aliphatic heterocycles. The van der Waals surface area contributed by atoms with Crippen LogP contribution in [-0.2, 0) is 0 Å². The summed E-state index contributed by atoms with van der Waals surface area (Å²) in [5.74, 6) is -1.12. The molecular weight excluding hydrogens is 155 g/mol. The fraction of sp³-hybridized carbons (Fsp3) is 1.00. The molecular formula is C7H12F3N. The molecule has 1 nitrogen and oxygen atoms in total. The molecule has 66 valence electrons. The maximum atomic E-state index is 12.2. The predicted molar refractivity (Wildman–Crippen MR) is 36.3 cm³/mol. The molecule has 0 aromatic rings. The average molecular weight is 167 g/mol. The van der Waals surface area contributed by atoms with Crippen LogP contribution in [0.25, 0.3) is 0 Å². The quantitative estimate of drug-likeness (QED) is 0.532. The van der Waals surface area contributed by atoms with Gasteiger partial charge in [0, 0.05) is 6.04 Å². The first kappa shape index (κ1) is 8.84. The molecule has 1 saturated heterocycles. The zero-order valence-corrected chi connectivity index (χ0v) is 6.65. The Balaban J connectivity index is 2.62. The summed E-state index contributed by atoms with van der Waals surface area (Å²) in [7, 11) is 1.73. The molecule has 0 saturated carbocycles. The molecule has 4 heteroatoms. The number of likely N-dealkylation sites (tertiary alicyclic amines) is 1. The van der Waals surface area contributed by atoms with Crippen molar-refractivity contribution >= 4 is 0 Å². The lowest BCUT2D eigenvalue weighted by Crippen LogP contribution is -2.34. The first-order valence-electron chi connectivity index (χ1n) is 3.70. The van der Waals surface area contributed by atoms with Gasteiger partial charge in [-0.05, 0) is 26.9 Å². The van der Waals surface area contributed by atoms with Gasteiger partial charge in [0.1, 0.15) is 0 Å². The fourth-order valence-corrected chi connectivity index (χ4v) is 1.53. The predicted octanol–water partition coefficient (Wildman–Crippen LogP) is 1.89.